The second-order valence-corrected chi connectivity index (χ2v) is 7.85. The minimum Gasteiger partial charge on any atom is -0.0622 e. The van der Waals surface area contributed by atoms with Gasteiger partial charge in [-0.25, -0.2) is 0 Å². The van der Waals surface area contributed by atoms with Crippen LogP contribution in [0, 0.1) is 3.57 Å². The Hall–Kier alpha value is -2.39. The van der Waals surface area contributed by atoms with Crippen molar-refractivity contribution in [2.75, 3.05) is 0 Å². The minimum atomic E-state index is -0.272. The second-order valence-electron chi connectivity index (χ2n) is 6.69. The number of hydrogen-bond acceptors (Lipinski definition) is 0. The molecule has 0 atom stereocenters. The first-order valence-corrected chi connectivity index (χ1v) is 9.91. The highest BCUT2D eigenvalue weighted by Crippen LogP contribution is 2.57. The van der Waals surface area contributed by atoms with Crippen molar-refractivity contribution >= 4 is 22.6 Å². The van der Waals surface area contributed by atoms with Crippen molar-refractivity contribution < 1.29 is 0 Å². The van der Waals surface area contributed by atoms with E-state index in [2.05, 4.69) is 126 Å². The normalized spacial score (nSPS) is 13.9. The molecule has 0 aliphatic heterocycles. The first-order chi connectivity index (χ1) is 12.8. The molecule has 0 unspecified atom stereocenters. The number of hydrogen-bond donors (Lipinski definition) is 0. The van der Waals surface area contributed by atoms with E-state index in [0.717, 1.165) is 0 Å². The molecule has 0 saturated carbocycles. The van der Waals surface area contributed by atoms with E-state index in [-0.39, 0.29) is 5.41 Å². The summed E-state index contributed by atoms with van der Waals surface area (Å²) in [7, 11) is 0. The van der Waals surface area contributed by atoms with Gasteiger partial charge in [-0.3, -0.25) is 0 Å². The van der Waals surface area contributed by atoms with Crippen LogP contribution in [0.4, 0.5) is 0 Å². The Morgan fingerprint density at radius 2 is 1.04 bits per heavy atom. The molecule has 4 aromatic carbocycles. The molecule has 0 bridgehead atoms. The maximum Gasteiger partial charge on any atom is 0.0723 e. The Kier molecular flexibility index (Phi) is 3.71. The van der Waals surface area contributed by atoms with Gasteiger partial charge in [-0.05, 0) is 62.0 Å². The highest BCUT2D eigenvalue weighted by Gasteiger charge is 2.46. The average Bonchev–Trinajstić information content (AvgIpc) is 3.02. The minimum absolute atomic E-state index is 0.272. The van der Waals surface area contributed by atoms with Gasteiger partial charge in [-0.2, -0.15) is 0 Å². The molecule has 0 nitrogen and oxygen atoms in total. The van der Waals surface area contributed by atoms with Crippen LogP contribution in [-0.2, 0) is 5.41 Å². The van der Waals surface area contributed by atoms with Crippen LogP contribution in [0.3, 0.4) is 0 Å². The van der Waals surface area contributed by atoms with Crippen LogP contribution in [-0.4, -0.2) is 0 Å². The molecule has 0 N–H and O–H groups in total. The predicted molar refractivity (Wildman–Crippen MR) is 116 cm³/mol. The molecule has 1 aliphatic rings. The molecule has 0 aromatic heterocycles. The maximum atomic E-state index is 2.50. The van der Waals surface area contributed by atoms with Crippen molar-refractivity contribution in [3.8, 4) is 11.1 Å². The standard InChI is InChI=1S/C25H17I/c26-23-17-9-15-21-20-14-7-8-16-22(20)25(24(21)23,18-10-3-1-4-11-18)19-12-5-2-6-13-19/h1-17H. The molecule has 124 valence electrons. The first-order valence-electron chi connectivity index (χ1n) is 8.83. The zero-order valence-corrected chi connectivity index (χ0v) is 16.4. The van der Waals surface area contributed by atoms with Gasteiger partial charge in [0, 0.05) is 3.57 Å². The smallest absolute Gasteiger partial charge is 0.0622 e. The number of benzene rings is 4. The molecule has 26 heavy (non-hydrogen) atoms. The van der Waals surface area contributed by atoms with Crippen LogP contribution in [0.5, 0.6) is 0 Å². The van der Waals surface area contributed by atoms with Gasteiger partial charge in [0.1, 0.15) is 0 Å². The van der Waals surface area contributed by atoms with Crippen LogP contribution in [0.25, 0.3) is 11.1 Å². The fourth-order valence-electron chi connectivity index (χ4n) is 4.45. The van der Waals surface area contributed by atoms with Gasteiger partial charge in [0.05, 0.1) is 5.41 Å². The number of halogens is 1. The van der Waals surface area contributed by atoms with E-state index in [1.165, 1.54) is 37.0 Å². The van der Waals surface area contributed by atoms with Gasteiger partial charge in [0.25, 0.3) is 0 Å². The summed E-state index contributed by atoms with van der Waals surface area (Å²) in [6.45, 7) is 0. The fraction of sp³-hybridized carbons (Fsp3) is 0.0400. The molecule has 1 aliphatic carbocycles. The maximum absolute atomic E-state index is 2.50. The summed E-state index contributed by atoms with van der Waals surface area (Å²) in [6.07, 6.45) is 0. The zero-order chi connectivity index (χ0) is 17.6. The van der Waals surface area contributed by atoms with Crippen LogP contribution < -0.4 is 0 Å². The first kappa shape index (κ1) is 15.8. The molecule has 0 radical (unpaired) electrons. The lowest BCUT2D eigenvalue weighted by molar-refractivity contribution is 0.764. The molecule has 1 heteroatoms. The van der Waals surface area contributed by atoms with Crippen LogP contribution in [0.1, 0.15) is 22.3 Å². The Labute approximate surface area is 167 Å². The highest BCUT2D eigenvalue weighted by molar-refractivity contribution is 14.1. The van der Waals surface area contributed by atoms with Gasteiger partial charge in [-0.1, -0.05) is 97.1 Å². The van der Waals surface area contributed by atoms with E-state index < -0.39 is 0 Å². The fourth-order valence-corrected chi connectivity index (χ4v) is 5.35. The van der Waals surface area contributed by atoms with E-state index >= 15 is 0 Å². The van der Waals surface area contributed by atoms with Crippen molar-refractivity contribution in [1.82, 2.24) is 0 Å². The third-order valence-corrected chi connectivity index (χ3v) is 6.32. The molecule has 0 spiro atoms. The third-order valence-electron chi connectivity index (χ3n) is 5.42. The summed E-state index contributed by atoms with van der Waals surface area (Å²) >= 11 is 2.50. The summed E-state index contributed by atoms with van der Waals surface area (Å²) < 4.78 is 1.31. The van der Waals surface area contributed by atoms with Gasteiger partial charge < -0.3 is 0 Å². The molecule has 5 rings (SSSR count). The summed E-state index contributed by atoms with van der Waals surface area (Å²) in [5, 5.41) is 0. The largest absolute Gasteiger partial charge is 0.0723 e. The van der Waals surface area contributed by atoms with Gasteiger partial charge >= 0.3 is 0 Å². The molecular formula is C25H17I. The molecule has 0 amide bonds. The lowest BCUT2D eigenvalue weighted by Gasteiger charge is -2.34. The Morgan fingerprint density at radius 1 is 0.500 bits per heavy atom. The molecule has 0 saturated heterocycles. The third kappa shape index (κ3) is 2.07. The van der Waals surface area contributed by atoms with E-state index in [9.17, 15) is 0 Å². The van der Waals surface area contributed by atoms with Crippen LogP contribution >= 0.6 is 22.6 Å². The van der Waals surface area contributed by atoms with Gasteiger partial charge in [0.2, 0.25) is 0 Å². The number of rotatable bonds is 2. The molecule has 4 aromatic rings. The van der Waals surface area contributed by atoms with Crippen molar-refractivity contribution in [3.05, 3.63) is 129 Å². The predicted octanol–water partition coefficient (Wildman–Crippen LogP) is 6.65. The summed E-state index contributed by atoms with van der Waals surface area (Å²) in [5.74, 6) is 0. The topological polar surface area (TPSA) is 0 Å². The lowest BCUT2D eigenvalue weighted by Crippen LogP contribution is -2.29. The summed E-state index contributed by atoms with van der Waals surface area (Å²) in [4.78, 5) is 0. The Balaban J connectivity index is 2.01. The highest BCUT2D eigenvalue weighted by atomic mass is 127. The Morgan fingerprint density at radius 3 is 1.69 bits per heavy atom. The Bertz CT molecular complexity index is 1040. The molecule has 0 fully saturated rings. The van der Waals surface area contributed by atoms with Crippen molar-refractivity contribution in [2.24, 2.45) is 0 Å². The monoisotopic (exact) mass is 444 g/mol. The SMILES string of the molecule is Ic1cccc2c1C(c1ccccc1)(c1ccccc1)c1ccccc1-2. The van der Waals surface area contributed by atoms with Crippen LogP contribution in [0.2, 0.25) is 0 Å². The average molecular weight is 444 g/mol. The molecular weight excluding hydrogens is 427 g/mol. The quantitative estimate of drug-likeness (QED) is 0.267. The lowest BCUT2D eigenvalue weighted by atomic mass is 9.68. The van der Waals surface area contributed by atoms with Crippen molar-refractivity contribution in [1.29, 1.82) is 0 Å². The second kappa shape index (κ2) is 6.10. The van der Waals surface area contributed by atoms with Crippen LogP contribution in [0.15, 0.2) is 103 Å². The van der Waals surface area contributed by atoms with Gasteiger partial charge in [-0.15, -0.1) is 0 Å². The van der Waals surface area contributed by atoms with E-state index in [1.807, 2.05) is 0 Å². The van der Waals surface area contributed by atoms with Gasteiger partial charge in [0.15, 0.2) is 0 Å². The van der Waals surface area contributed by atoms with E-state index in [1.54, 1.807) is 0 Å². The molecule has 0 heterocycles. The number of fused-ring (bicyclic) bond motifs is 3. The van der Waals surface area contributed by atoms with E-state index in [0.29, 0.717) is 0 Å². The zero-order valence-electron chi connectivity index (χ0n) is 14.2. The van der Waals surface area contributed by atoms with Crippen molar-refractivity contribution in [3.63, 3.8) is 0 Å². The van der Waals surface area contributed by atoms with E-state index in [4.69, 9.17) is 0 Å². The summed E-state index contributed by atoms with van der Waals surface area (Å²) in [6, 6.07) is 37.4. The summed E-state index contributed by atoms with van der Waals surface area (Å²) in [5.41, 5.74) is 7.83. The van der Waals surface area contributed by atoms with Crippen molar-refractivity contribution in [2.45, 2.75) is 5.41 Å².